The summed E-state index contributed by atoms with van der Waals surface area (Å²) in [6, 6.07) is 1.85. The monoisotopic (exact) mass is 334 g/mol. The Morgan fingerprint density at radius 1 is 1.45 bits per heavy atom. The molecule has 0 bridgehead atoms. The standard InChI is InChI=1S/C13H22N2O2S3/c1-3-14-8-10-7-11(9-19-10)20(16,17)15-12-5-4-6-13(12)18-2/h7,9,12-15H,3-6,8H2,1-2H3. The normalized spacial score (nSPS) is 23.3. The Bertz CT molecular complexity index is 527. The van der Waals surface area contributed by atoms with Crippen molar-refractivity contribution >= 4 is 33.1 Å². The second-order valence-corrected chi connectivity index (χ2v) is 8.75. The van der Waals surface area contributed by atoms with E-state index in [0.717, 1.165) is 37.2 Å². The van der Waals surface area contributed by atoms with E-state index in [2.05, 4.69) is 16.3 Å². The fourth-order valence-electron chi connectivity index (χ4n) is 2.45. The molecule has 1 aliphatic rings. The van der Waals surface area contributed by atoms with E-state index in [1.54, 1.807) is 23.2 Å². The van der Waals surface area contributed by atoms with Gasteiger partial charge >= 0.3 is 0 Å². The van der Waals surface area contributed by atoms with Crippen LogP contribution in [0.1, 0.15) is 31.1 Å². The van der Waals surface area contributed by atoms with Crippen LogP contribution in [0.15, 0.2) is 16.3 Å². The molecule has 2 rings (SSSR count). The lowest BCUT2D eigenvalue weighted by molar-refractivity contribution is 0.555. The quantitative estimate of drug-likeness (QED) is 0.804. The third-order valence-corrected chi connectivity index (χ3v) is 7.28. The van der Waals surface area contributed by atoms with Crippen molar-refractivity contribution in [3.63, 3.8) is 0 Å². The summed E-state index contributed by atoms with van der Waals surface area (Å²) < 4.78 is 27.7. The van der Waals surface area contributed by atoms with Gasteiger partial charge in [0, 0.05) is 28.1 Å². The first-order chi connectivity index (χ1) is 9.56. The molecule has 0 aromatic carbocycles. The van der Waals surface area contributed by atoms with E-state index >= 15 is 0 Å². The van der Waals surface area contributed by atoms with Gasteiger partial charge in [0.05, 0.1) is 4.90 Å². The van der Waals surface area contributed by atoms with Gasteiger partial charge in [0.15, 0.2) is 0 Å². The molecule has 7 heteroatoms. The van der Waals surface area contributed by atoms with Crippen LogP contribution in [-0.4, -0.2) is 32.5 Å². The molecule has 1 aromatic heterocycles. The van der Waals surface area contributed by atoms with Gasteiger partial charge < -0.3 is 5.32 Å². The average molecular weight is 335 g/mol. The summed E-state index contributed by atoms with van der Waals surface area (Å²) in [5.41, 5.74) is 0. The fourth-order valence-corrected chi connectivity index (χ4v) is 6.03. The number of thioether (sulfide) groups is 1. The molecule has 1 fully saturated rings. The van der Waals surface area contributed by atoms with E-state index in [1.165, 1.54) is 11.3 Å². The van der Waals surface area contributed by atoms with Crippen LogP contribution in [0.3, 0.4) is 0 Å². The molecule has 1 aromatic rings. The lowest BCUT2D eigenvalue weighted by Crippen LogP contribution is -2.38. The van der Waals surface area contributed by atoms with Gasteiger partial charge in [0.2, 0.25) is 10.0 Å². The Labute approximate surface area is 129 Å². The molecule has 1 heterocycles. The number of hydrogen-bond acceptors (Lipinski definition) is 5. The van der Waals surface area contributed by atoms with Crippen molar-refractivity contribution in [2.75, 3.05) is 12.8 Å². The molecular weight excluding hydrogens is 312 g/mol. The van der Waals surface area contributed by atoms with Crippen LogP contribution in [0.2, 0.25) is 0 Å². The Morgan fingerprint density at radius 2 is 2.25 bits per heavy atom. The zero-order valence-electron chi connectivity index (χ0n) is 11.9. The average Bonchev–Trinajstić information content (AvgIpc) is 3.04. The highest BCUT2D eigenvalue weighted by Crippen LogP contribution is 2.30. The number of hydrogen-bond donors (Lipinski definition) is 2. The zero-order chi connectivity index (χ0) is 14.6. The van der Waals surface area contributed by atoms with Gasteiger partial charge in [-0.25, -0.2) is 13.1 Å². The summed E-state index contributed by atoms with van der Waals surface area (Å²) in [5.74, 6) is 0. The Morgan fingerprint density at radius 3 is 2.95 bits per heavy atom. The van der Waals surface area contributed by atoms with Crippen molar-refractivity contribution in [3.8, 4) is 0 Å². The molecule has 0 saturated heterocycles. The van der Waals surface area contributed by atoms with Crippen molar-refractivity contribution in [1.29, 1.82) is 0 Å². The van der Waals surface area contributed by atoms with E-state index in [9.17, 15) is 8.42 Å². The molecule has 0 amide bonds. The van der Waals surface area contributed by atoms with Gasteiger partial charge in [-0.2, -0.15) is 11.8 Å². The fraction of sp³-hybridized carbons (Fsp3) is 0.692. The van der Waals surface area contributed by atoms with Crippen molar-refractivity contribution in [2.45, 2.75) is 48.9 Å². The van der Waals surface area contributed by atoms with Crippen LogP contribution in [0.25, 0.3) is 0 Å². The molecule has 2 atom stereocenters. The lowest BCUT2D eigenvalue weighted by atomic mass is 10.3. The van der Waals surface area contributed by atoms with E-state index < -0.39 is 10.0 Å². The van der Waals surface area contributed by atoms with Crippen molar-refractivity contribution in [3.05, 3.63) is 16.3 Å². The van der Waals surface area contributed by atoms with Gasteiger partial charge in [0.1, 0.15) is 0 Å². The topological polar surface area (TPSA) is 58.2 Å². The maximum atomic E-state index is 12.4. The highest BCUT2D eigenvalue weighted by atomic mass is 32.2. The summed E-state index contributed by atoms with van der Waals surface area (Å²) >= 11 is 3.25. The highest BCUT2D eigenvalue weighted by Gasteiger charge is 2.31. The SMILES string of the molecule is CCNCc1cc(S(=O)(=O)NC2CCCC2SC)cs1. The number of nitrogens with one attached hydrogen (secondary N) is 2. The molecule has 114 valence electrons. The molecule has 2 unspecified atom stereocenters. The first-order valence-electron chi connectivity index (χ1n) is 6.90. The van der Waals surface area contributed by atoms with Crippen molar-refractivity contribution in [2.24, 2.45) is 0 Å². The van der Waals surface area contributed by atoms with Crippen molar-refractivity contribution in [1.82, 2.24) is 10.0 Å². The molecule has 2 N–H and O–H groups in total. The van der Waals surface area contributed by atoms with Crippen LogP contribution in [-0.2, 0) is 16.6 Å². The minimum absolute atomic E-state index is 0.0760. The van der Waals surface area contributed by atoms with Gasteiger partial charge in [-0.3, -0.25) is 0 Å². The Balaban J connectivity index is 2.04. The molecule has 4 nitrogen and oxygen atoms in total. The third kappa shape index (κ3) is 3.98. The van der Waals surface area contributed by atoms with E-state index in [4.69, 9.17) is 0 Å². The summed E-state index contributed by atoms with van der Waals surface area (Å²) in [7, 11) is -3.37. The zero-order valence-corrected chi connectivity index (χ0v) is 14.3. The summed E-state index contributed by atoms with van der Waals surface area (Å²) in [6.45, 7) is 3.65. The van der Waals surface area contributed by atoms with Gasteiger partial charge in [-0.05, 0) is 31.7 Å². The van der Waals surface area contributed by atoms with Crippen LogP contribution in [0, 0.1) is 0 Å². The number of sulfonamides is 1. The molecule has 20 heavy (non-hydrogen) atoms. The minimum Gasteiger partial charge on any atom is -0.312 e. The van der Waals surface area contributed by atoms with Crippen LogP contribution >= 0.6 is 23.1 Å². The van der Waals surface area contributed by atoms with E-state index in [-0.39, 0.29) is 6.04 Å². The second kappa shape index (κ2) is 7.26. The molecule has 0 radical (unpaired) electrons. The first kappa shape index (κ1) is 16.3. The predicted octanol–water partition coefficient (Wildman–Crippen LogP) is 2.42. The molecular formula is C13H22N2O2S3. The molecule has 0 spiro atoms. The number of thiophene rings is 1. The van der Waals surface area contributed by atoms with E-state index in [0.29, 0.717) is 10.1 Å². The minimum atomic E-state index is -3.37. The van der Waals surface area contributed by atoms with E-state index in [1.807, 2.05) is 6.92 Å². The maximum absolute atomic E-state index is 12.4. The van der Waals surface area contributed by atoms with Gasteiger partial charge in [0.25, 0.3) is 0 Å². The Hall–Kier alpha value is -0.0800. The molecule has 0 aliphatic heterocycles. The van der Waals surface area contributed by atoms with Crippen LogP contribution in [0.5, 0.6) is 0 Å². The third-order valence-electron chi connectivity index (χ3n) is 3.55. The van der Waals surface area contributed by atoms with Crippen LogP contribution < -0.4 is 10.0 Å². The van der Waals surface area contributed by atoms with Gasteiger partial charge in [-0.15, -0.1) is 11.3 Å². The first-order valence-corrected chi connectivity index (χ1v) is 10.5. The van der Waals surface area contributed by atoms with Gasteiger partial charge in [-0.1, -0.05) is 13.3 Å². The summed E-state index contributed by atoms with van der Waals surface area (Å²) in [5, 5.41) is 5.35. The largest absolute Gasteiger partial charge is 0.312 e. The second-order valence-electron chi connectivity index (χ2n) is 4.96. The molecule has 1 saturated carbocycles. The molecule has 1 aliphatic carbocycles. The van der Waals surface area contributed by atoms with Crippen molar-refractivity contribution < 1.29 is 8.42 Å². The number of rotatable bonds is 7. The highest BCUT2D eigenvalue weighted by molar-refractivity contribution is 7.99. The maximum Gasteiger partial charge on any atom is 0.241 e. The Kier molecular flexibility index (Phi) is 5.92. The smallest absolute Gasteiger partial charge is 0.241 e. The predicted molar refractivity (Wildman–Crippen MR) is 87.0 cm³/mol. The summed E-state index contributed by atoms with van der Waals surface area (Å²) in [4.78, 5) is 1.46. The summed E-state index contributed by atoms with van der Waals surface area (Å²) in [6.07, 6.45) is 5.20. The van der Waals surface area contributed by atoms with Crippen LogP contribution in [0.4, 0.5) is 0 Å². The lowest BCUT2D eigenvalue weighted by Gasteiger charge is -2.18.